The number of anilines is 2. The molecule has 0 aliphatic rings. The molecule has 1 heterocycles. The van der Waals surface area contributed by atoms with Gasteiger partial charge in [-0.1, -0.05) is 12.1 Å². The number of hydrogen-bond acceptors (Lipinski definition) is 3. The first-order valence-corrected chi connectivity index (χ1v) is 5.64. The molecule has 17 heavy (non-hydrogen) atoms. The van der Waals surface area contributed by atoms with Crippen LogP contribution >= 0.6 is 0 Å². The second kappa shape index (κ2) is 4.49. The monoisotopic (exact) mass is 230 g/mol. The molecule has 2 rings (SSSR count). The topological polar surface area (TPSA) is 33.1 Å². The third-order valence-electron chi connectivity index (χ3n) is 2.66. The van der Waals surface area contributed by atoms with Gasteiger partial charge in [-0.2, -0.15) is 0 Å². The summed E-state index contributed by atoms with van der Waals surface area (Å²) < 4.78 is 1.92. The van der Waals surface area contributed by atoms with Gasteiger partial charge in [-0.3, -0.25) is 0 Å². The normalized spacial score (nSPS) is 10.4. The highest BCUT2D eigenvalue weighted by Crippen LogP contribution is 2.21. The Kier molecular flexibility index (Phi) is 3.04. The SMILES string of the molecule is CNc1cc(N(C)C)nn1-c1cccc(C)c1. The fourth-order valence-electron chi connectivity index (χ4n) is 1.72. The molecule has 0 saturated carbocycles. The maximum atomic E-state index is 4.57. The minimum absolute atomic E-state index is 0.941. The van der Waals surface area contributed by atoms with E-state index in [0.717, 1.165) is 17.3 Å². The van der Waals surface area contributed by atoms with Gasteiger partial charge in [-0.15, -0.1) is 5.10 Å². The Morgan fingerprint density at radius 3 is 2.59 bits per heavy atom. The van der Waals surface area contributed by atoms with Crippen LogP contribution in [-0.2, 0) is 0 Å². The Morgan fingerprint density at radius 1 is 1.24 bits per heavy atom. The number of nitrogens with one attached hydrogen (secondary N) is 1. The molecule has 0 unspecified atom stereocenters. The van der Waals surface area contributed by atoms with E-state index in [1.54, 1.807) is 0 Å². The van der Waals surface area contributed by atoms with E-state index < -0.39 is 0 Å². The highest BCUT2D eigenvalue weighted by Gasteiger charge is 2.09. The van der Waals surface area contributed by atoms with Crippen molar-refractivity contribution < 1.29 is 0 Å². The van der Waals surface area contributed by atoms with Crippen LogP contribution in [0.25, 0.3) is 5.69 Å². The third-order valence-corrected chi connectivity index (χ3v) is 2.66. The molecule has 1 aromatic carbocycles. The van der Waals surface area contributed by atoms with Gasteiger partial charge in [0.05, 0.1) is 5.69 Å². The molecule has 4 nitrogen and oxygen atoms in total. The summed E-state index contributed by atoms with van der Waals surface area (Å²) >= 11 is 0. The van der Waals surface area contributed by atoms with E-state index >= 15 is 0 Å². The largest absolute Gasteiger partial charge is 0.373 e. The standard InChI is InChI=1S/C13H18N4/c1-10-6-5-7-11(8-10)17-12(14-2)9-13(15-17)16(3)4/h5-9,14H,1-4H3. The predicted molar refractivity (Wildman–Crippen MR) is 72.2 cm³/mol. The average molecular weight is 230 g/mol. The molecule has 1 N–H and O–H groups in total. The number of nitrogens with zero attached hydrogens (tertiary/aromatic N) is 3. The molecule has 90 valence electrons. The number of benzene rings is 1. The van der Waals surface area contributed by atoms with E-state index in [1.165, 1.54) is 5.56 Å². The van der Waals surface area contributed by atoms with Gasteiger partial charge in [0.25, 0.3) is 0 Å². The molecule has 2 aromatic rings. The van der Waals surface area contributed by atoms with Crippen molar-refractivity contribution in [2.24, 2.45) is 0 Å². The summed E-state index contributed by atoms with van der Waals surface area (Å²) in [5, 5.41) is 7.73. The van der Waals surface area contributed by atoms with Crippen molar-refractivity contribution >= 4 is 11.6 Å². The van der Waals surface area contributed by atoms with E-state index in [1.807, 2.05) is 42.9 Å². The lowest BCUT2D eigenvalue weighted by Gasteiger charge is -2.08. The summed E-state index contributed by atoms with van der Waals surface area (Å²) in [6.07, 6.45) is 0. The van der Waals surface area contributed by atoms with Crippen molar-refractivity contribution in [2.75, 3.05) is 31.4 Å². The van der Waals surface area contributed by atoms with Crippen LogP contribution in [0.4, 0.5) is 11.6 Å². The molecule has 0 aliphatic heterocycles. The van der Waals surface area contributed by atoms with Crippen LogP contribution in [0.1, 0.15) is 5.56 Å². The molecule has 0 bridgehead atoms. The average Bonchev–Trinajstić information content (AvgIpc) is 2.73. The second-order valence-corrected chi connectivity index (χ2v) is 4.28. The maximum Gasteiger partial charge on any atom is 0.152 e. The van der Waals surface area contributed by atoms with Gasteiger partial charge in [0.15, 0.2) is 5.82 Å². The van der Waals surface area contributed by atoms with Gasteiger partial charge < -0.3 is 10.2 Å². The van der Waals surface area contributed by atoms with Gasteiger partial charge in [0, 0.05) is 27.2 Å². The summed E-state index contributed by atoms with van der Waals surface area (Å²) in [7, 11) is 5.88. The minimum Gasteiger partial charge on any atom is -0.373 e. The van der Waals surface area contributed by atoms with Crippen molar-refractivity contribution in [3.05, 3.63) is 35.9 Å². The summed E-state index contributed by atoms with van der Waals surface area (Å²) in [5.41, 5.74) is 2.30. The lowest BCUT2D eigenvalue weighted by atomic mass is 10.2. The first-order valence-electron chi connectivity index (χ1n) is 5.64. The zero-order valence-electron chi connectivity index (χ0n) is 10.7. The van der Waals surface area contributed by atoms with Crippen LogP contribution in [0.2, 0.25) is 0 Å². The highest BCUT2D eigenvalue weighted by atomic mass is 15.4. The molecular weight excluding hydrogens is 212 g/mol. The Labute approximate surface area is 102 Å². The van der Waals surface area contributed by atoms with Crippen LogP contribution in [0, 0.1) is 6.92 Å². The van der Waals surface area contributed by atoms with Gasteiger partial charge in [-0.25, -0.2) is 4.68 Å². The Bertz CT molecular complexity index is 514. The fourth-order valence-corrected chi connectivity index (χ4v) is 1.72. The van der Waals surface area contributed by atoms with E-state index in [9.17, 15) is 0 Å². The predicted octanol–water partition coefficient (Wildman–Crippen LogP) is 2.29. The van der Waals surface area contributed by atoms with Gasteiger partial charge in [0.1, 0.15) is 5.82 Å². The Hall–Kier alpha value is -1.97. The summed E-state index contributed by atoms with van der Waals surface area (Å²) in [6.45, 7) is 2.08. The molecule has 1 aromatic heterocycles. The van der Waals surface area contributed by atoms with Crippen molar-refractivity contribution in [2.45, 2.75) is 6.92 Å². The number of hydrogen-bond donors (Lipinski definition) is 1. The Morgan fingerprint density at radius 2 is 2.00 bits per heavy atom. The molecule has 0 saturated heterocycles. The van der Waals surface area contributed by atoms with Crippen LogP contribution in [0.3, 0.4) is 0 Å². The van der Waals surface area contributed by atoms with E-state index in [-0.39, 0.29) is 0 Å². The number of rotatable bonds is 3. The van der Waals surface area contributed by atoms with Gasteiger partial charge in [-0.05, 0) is 24.6 Å². The summed E-state index contributed by atoms with van der Waals surface area (Å²) in [5.74, 6) is 1.93. The summed E-state index contributed by atoms with van der Waals surface area (Å²) in [6, 6.07) is 10.3. The molecule has 0 aliphatic carbocycles. The molecule has 0 radical (unpaired) electrons. The smallest absolute Gasteiger partial charge is 0.152 e. The molecule has 0 atom stereocenters. The first-order chi connectivity index (χ1) is 8.11. The quantitative estimate of drug-likeness (QED) is 0.878. The van der Waals surface area contributed by atoms with E-state index in [2.05, 4.69) is 35.5 Å². The molecular formula is C13H18N4. The summed E-state index contributed by atoms with van der Waals surface area (Å²) in [4.78, 5) is 1.99. The molecule has 0 amide bonds. The van der Waals surface area contributed by atoms with E-state index in [4.69, 9.17) is 0 Å². The van der Waals surface area contributed by atoms with Crippen molar-refractivity contribution in [1.82, 2.24) is 9.78 Å². The zero-order valence-corrected chi connectivity index (χ0v) is 10.7. The molecule has 0 spiro atoms. The van der Waals surface area contributed by atoms with Crippen molar-refractivity contribution in [3.8, 4) is 5.69 Å². The zero-order chi connectivity index (χ0) is 12.4. The first kappa shape index (κ1) is 11.5. The van der Waals surface area contributed by atoms with Crippen LogP contribution in [0.5, 0.6) is 0 Å². The second-order valence-electron chi connectivity index (χ2n) is 4.28. The highest BCUT2D eigenvalue weighted by molar-refractivity contribution is 5.54. The van der Waals surface area contributed by atoms with Crippen LogP contribution in [-0.4, -0.2) is 30.9 Å². The number of aryl methyl sites for hydroxylation is 1. The molecule has 0 fully saturated rings. The lowest BCUT2D eigenvalue weighted by Crippen LogP contribution is -2.10. The lowest BCUT2D eigenvalue weighted by molar-refractivity contribution is 0.869. The minimum atomic E-state index is 0.941. The van der Waals surface area contributed by atoms with Gasteiger partial charge in [0.2, 0.25) is 0 Å². The number of aromatic nitrogens is 2. The molecule has 4 heteroatoms. The van der Waals surface area contributed by atoms with Crippen molar-refractivity contribution in [1.29, 1.82) is 0 Å². The fraction of sp³-hybridized carbons (Fsp3) is 0.308. The van der Waals surface area contributed by atoms with Crippen LogP contribution < -0.4 is 10.2 Å². The third kappa shape index (κ3) is 2.25. The Balaban J connectivity index is 2.50. The van der Waals surface area contributed by atoms with Gasteiger partial charge >= 0.3 is 0 Å². The van der Waals surface area contributed by atoms with Crippen molar-refractivity contribution in [3.63, 3.8) is 0 Å². The van der Waals surface area contributed by atoms with Crippen LogP contribution in [0.15, 0.2) is 30.3 Å². The van der Waals surface area contributed by atoms with E-state index in [0.29, 0.717) is 0 Å². The maximum absolute atomic E-state index is 4.57.